The van der Waals surface area contributed by atoms with Crippen LogP contribution in [0.15, 0.2) is 24.3 Å². The van der Waals surface area contributed by atoms with E-state index in [1.165, 1.54) is 13.8 Å². The third kappa shape index (κ3) is 5.61. The molecule has 0 bridgehead atoms. The first-order valence-corrected chi connectivity index (χ1v) is 6.40. The normalized spacial score (nSPS) is 13.7. The van der Waals surface area contributed by atoms with E-state index in [1.54, 1.807) is 0 Å². The van der Waals surface area contributed by atoms with E-state index >= 15 is 0 Å². The van der Waals surface area contributed by atoms with Crippen molar-refractivity contribution in [2.24, 2.45) is 0 Å². The van der Waals surface area contributed by atoms with Crippen LogP contribution in [0.4, 0.5) is 0 Å². The highest BCUT2D eigenvalue weighted by Gasteiger charge is 2.15. The van der Waals surface area contributed by atoms with Crippen LogP contribution in [0.5, 0.6) is 0 Å². The molecule has 0 aliphatic rings. The average molecular weight is 305 g/mol. The smallest absolute Gasteiger partial charge is 0.193 e. The fraction of sp³-hybridized carbons (Fsp3) is 0.500. The zero-order valence-corrected chi connectivity index (χ0v) is 11.5. The molecular weight excluding hydrogens is 288 g/mol. The number of halogens is 1. The minimum Gasteiger partial charge on any atom is -0.386 e. The average Bonchev–Trinajstić information content (AvgIpc) is 2.27. The van der Waals surface area contributed by atoms with Crippen molar-refractivity contribution < 1.29 is 20.0 Å². The van der Waals surface area contributed by atoms with E-state index in [-0.39, 0.29) is 6.61 Å². The standard InChI is InChI=1S/C12H17BrO4/c1-12(2,15)17-16-8-11(14)10-5-3-9(7-13)4-6-10/h3-6,11,14-15H,7-8H2,1-2H3/t11-/m0/s1. The van der Waals surface area contributed by atoms with Gasteiger partial charge in [-0.05, 0) is 25.0 Å². The highest BCUT2D eigenvalue weighted by Crippen LogP contribution is 2.16. The Bertz CT molecular complexity index is 331. The second kappa shape index (κ2) is 6.47. The molecule has 0 aromatic heterocycles. The first-order valence-electron chi connectivity index (χ1n) is 5.28. The maximum atomic E-state index is 9.78. The number of rotatable bonds is 6. The van der Waals surface area contributed by atoms with E-state index in [0.717, 1.165) is 16.5 Å². The first-order chi connectivity index (χ1) is 7.92. The third-order valence-electron chi connectivity index (χ3n) is 2.01. The molecule has 1 rings (SSSR count). The van der Waals surface area contributed by atoms with Crippen LogP contribution in [-0.2, 0) is 15.1 Å². The summed E-state index contributed by atoms with van der Waals surface area (Å²) < 4.78 is 0. The Balaban J connectivity index is 2.43. The molecule has 0 spiro atoms. The molecule has 96 valence electrons. The van der Waals surface area contributed by atoms with E-state index in [2.05, 4.69) is 20.8 Å². The van der Waals surface area contributed by atoms with Crippen LogP contribution < -0.4 is 0 Å². The van der Waals surface area contributed by atoms with Crippen molar-refractivity contribution in [3.8, 4) is 0 Å². The first kappa shape index (κ1) is 14.6. The third-order valence-corrected chi connectivity index (χ3v) is 2.66. The monoisotopic (exact) mass is 304 g/mol. The van der Waals surface area contributed by atoms with E-state index in [0.29, 0.717) is 0 Å². The lowest BCUT2D eigenvalue weighted by atomic mass is 10.1. The van der Waals surface area contributed by atoms with Crippen LogP contribution in [0, 0.1) is 0 Å². The van der Waals surface area contributed by atoms with E-state index < -0.39 is 11.9 Å². The van der Waals surface area contributed by atoms with Crippen LogP contribution >= 0.6 is 15.9 Å². The Hall–Kier alpha value is -0.460. The Kier molecular flexibility index (Phi) is 5.55. The zero-order valence-electron chi connectivity index (χ0n) is 9.89. The van der Waals surface area contributed by atoms with Crippen LogP contribution in [0.2, 0.25) is 0 Å². The summed E-state index contributed by atoms with van der Waals surface area (Å²) in [5.41, 5.74) is 1.88. The van der Waals surface area contributed by atoms with Gasteiger partial charge in [0, 0.05) is 5.33 Å². The second-order valence-corrected chi connectivity index (χ2v) is 4.77. The van der Waals surface area contributed by atoms with Crippen LogP contribution in [0.3, 0.4) is 0 Å². The molecule has 5 heteroatoms. The molecule has 0 aliphatic carbocycles. The van der Waals surface area contributed by atoms with Gasteiger partial charge >= 0.3 is 0 Å². The fourth-order valence-corrected chi connectivity index (χ4v) is 1.54. The van der Waals surface area contributed by atoms with Crippen molar-refractivity contribution in [1.29, 1.82) is 0 Å². The van der Waals surface area contributed by atoms with Crippen molar-refractivity contribution in [2.45, 2.75) is 31.1 Å². The van der Waals surface area contributed by atoms with E-state index in [1.807, 2.05) is 24.3 Å². The van der Waals surface area contributed by atoms with Crippen molar-refractivity contribution in [3.63, 3.8) is 0 Å². The van der Waals surface area contributed by atoms with E-state index in [9.17, 15) is 10.2 Å². The Morgan fingerprint density at radius 1 is 1.29 bits per heavy atom. The molecule has 1 aromatic rings. The van der Waals surface area contributed by atoms with Gasteiger partial charge in [0.2, 0.25) is 0 Å². The lowest BCUT2D eigenvalue weighted by molar-refractivity contribution is -0.413. The maximum Gasteiger partial charge on any atom is 0.193 e. The number of hydrogen-bond acceptors (Lipinski definition) is 4. The Morgan fingerprint density at radius 2 is 1.88 bits per heavy atom. The number of aliphatic hydroxyl groups excluding tert-OH is 1. The summed E-state index contributed by atoms with van der Waals surface area (Å²) in [7, 11) is 0. The molecule has 17 heavy (non-hydrogen) atoms. The molecule has 4 nitrogen and oxygen atoms in total. The van der Waals surface area contributed by atoms with Gasteiger partial charge in [-0.1, -0.05) is 40.2 Å². The van der Waals surface area contributed by atoms with Gasteiger partial charge in [0.1, 0.15) is 12.7 Å². The molecular formula is C12H17BrO4. The Morgan fingerprint density at radius 3 is 2.35 bits per heavy atom. The molecule has 0 fully saturated rings. The second-order valence-electron chi connectivity index (χ2n) is 4.21. The van der Waals surface area contributed by atoms with Crippen molar-refractivity contribution >= 4 is 15.9 Å². The topological polar surface area (TPSA) is 58.9 Å². The van der Waals surface area contributed by atoms with Gasteiger partial charge < -0.3 is 10.2 Å². The van der Waals surface area contributed by atoms with Gasteiger partial charge in [0.05, 0.1) is 0 Å². The molecule has 0 unspecified atom stereocenters. The minimum absolute atomic E-state index is 0.0301. The van der Waals surface area contributed by atoms with Gasteiger partial charge in [-0.15, -0.1) is 0 Å². The highest BCUT2D eigenvalue weighted by atomic mass is 79.9. The Labute approximate surface area is 109 Å². The maximum absolute atomic E-state index is 9.78. The number of benzene rings is 1. The molecule has 1 aromatic carbocycles. The lowest BCUT2D eigenvalue weighted by Crippen LogP contribution is -2.24. The highest BCUT2D eigenvalue weighted by molar-refractivity contribution is 9.08. The summed E-state index contributed by atoms with van der Waals surface area (Å²) in [4.78, 5) is 9.42. The molecule has 0 saturated heterocycles. The van der Waals surface area contributed by atoms with Crippen molar-refractivity contribution in [1.82, 2.24) is 0 Å². The molecule has 0 aliphatic heterocycles. The van der Waals surface area contributed by atoms with Gasteiger partial charge in [-0.3, -0.25) is 0 Å². The summed E-state index contributed by atoms with van der Waals surface area (Å²) in [6.07, 6.45) is -0.776. The van der Waals surface area contributed by atoms with Crippen LogP contribution in [0.25, 0.3) is 0 Å². The zero-order chi connectivity index (χ0) is 12.9. The quantitative estimate of drug-likeness (QED) is 0.366. The van der Waals surface area contributed by atoms with E-state index in [4.69, 9.17) is 4.89 Å². The predicted octanol–water partition coefficient (Wildman–Crippen LogP) is 2.29. The number of alkyl halides is 1. The molecule has 0 heterocycles. The fourth-order valence-electron chi connectivity index (χ4n) is 1.17. The molecule has 0 radical (unpaired) electrons. The number of aliphatic hydroxyl groups is 2. The SMILES string of the molecule is CC(C)(O)OOC[C@H](O)c1ccc(CBr)cc1. The molecule has 2 N–H and O–H groups in total. The van der Waals surface area contributed by atoms with Gasteiger partial charge in [-0.25, -0.2) is 9.78 Å². The minimum atomic E-state index is -1.36. The number of hydrogen-bond donors (Lipinski definition) is 2. The van der Waals surface area contributed by atoms with Crippen molar-refractivity contribution in [2.75, 3.05) is 6.61 Å². The molecule has 0 saturated carbocycles. The van der Waals surface area contributed by atoms with Crippen molar-refractivity contribution in [3.05, 3.63) is 35.4 Å². The summed E-state index contributed by atoms with van der Waals surface area (Å²) in [6.45, 7) is 2.87. The summed E-state index contributed by atoms with van der Waals surface area (Å²) in [6, 6.07) is 7.50. The lowest BCUT2D eigenvalue weighted by Gasteiger charge is -2.18. The summed E-state index contributed by atoms with van der Waals surface area (Å²) >= 11 is 3.35. The van der Waals surface area contributed by atoms with Crippen LogP contribution in [0.1, 0.15) is 31.1 Å². The molecule has 0 amide bonds. The summed E-state index contributed by atoms with van der Waals surface area (Å²) in [5, 5.41) is 19.8. The molecule has 1 atom stereocenters. The van der Waals surface area contributed by atoms with Gasteiger partial charge in [0.25, 0.3) is 0 Å². The van der Waals surface area contributed by atoms with Gasteiger partial charge in [0.15, 0.2) is 5.79 Å². The summed E-state index contributed by atoms with van der Waals surface area (Å²) in [5.74, 6) is -1.36. The van der Waals surface area contributed by atoms with Crippen LogP contribution in [-0.4, -0.2) is 22.6 Å². The largest absolute Gasteiger partial charge is 0.386 e. The van der Waals surface area contributed by atoms with Gasteiger partial charge in [-0.2, -0.15) is 0 Å². The predicted molar refractivity (Wildman–Crippen MR) is 67.4 cm³/mol.